The summed E-state index contributed by atoms with van der Waals surface area (Å²) in [5, 5.41) is 3.16. The summed E-state index contributed by atoms with van der Waals surface area (Å²) in [4.78, 5) is 12.8. The molecule has 0 bridgehead atoms. The van der Waals surface area contributed by atoms with Gasteiger partial charge in [0.1, 0.15) is 18.1 Å². The highest BCUT2D eigenvalue weighted by molar-refractivity contribution is 5.94. The molecule has 0 saturated carbocycles. The van der Waals surface area contributed by atoms with Crippen molar-refractivity contribution in [3.63, 3.8) is 0 Å². The number of methoxy groups -OCH3 is 1. The SMILES string of the molecule is C=C(C)COc1cccc(C(=O)N[C@@H](CC(C)C)c2ccc(OC)cc2)c1. The minimum Gasteiger partial charge on any atom is -0.497 e. The number of ether oxygens (including phenoxy) is 2. The highest BCUT2D eigenvalue weighted by atomic mass is 16.5. The van der Waals surface area contributed by atoms with E-state index in [4.69, 9.17) is 9.47 Å². The first-order chi connectivity index (χ1) is 12.9. The van der Waals surface area contributed by atoms with Crippen LogP contribution in [0.15, 0.2) is 60.7 Å². The number of rotatable bonds is 9. The van der Waals surface area contributed by atoms with Crippen LogP contribution < -0.4 is 14.8 Å². The largest absolute Gasteiger partial charge is 0.497 e. The summed E-state index contributed by atoms with van der Waals surface area (Å²) in [6.07, 6.45) is 0.851. The molecule has 1 atom stereocenters. The Bertz CT molecular complexity index is 765. The van der Waals surface area contributed by atoms with Crippen LogP contribution in [0.5, 0.6) is 11.5 Å². The second-order valence-electron chi connectivity index (χ2n) is 7.20. The molecule has 4 nitrogen and oxygen atoms in total. The Morgan fingerprint density at radius 1 is 1.11 bits per heavy atom. The molecule has 0 aromatic heterocycles. The number of carbonyl (C=O) groups is 1. The smallest absolute Gasteiger partial charge is 0.251 e. The Labute approximate surface area is 162 Å². The Kier molecular flexibility index (Phi) is 7.47. The number of hydrogen-bond acceptors (Lipinski definition) is 3. The maximum absolute atomic E-state index is 12.8. The Morgan fingerprint density at radius 2 is 1.81 bits per heavy atom. The molecule has 4 heteroatoms. The number of carbonyl (C=O) groups excluding carboxylic acids is 1. The molecule has 0 fully saturated rings. The Balaban J connectivity index is 2.15. The second kappa shape index (κ2) is 9.81. The van der Waals surface area contributed by atoms with Gasteiger partial charge in [0, 0.05) is 5.56 Å². The predicted molar refractivity (Wildman–Crippen MR) is 109 cm³/mol. The summed E-state index contributed by atoms with van der Waals surface area (Å²) in [5.41, 5.74) is 2.57. The van der Waals surface area contributed by atoms with Gasteiger partial charge in [-0.15, -0.1) is 0 Å². The average Bonchev–Trinajstić information content (AvgIpc) is 2.65. The molecular weight excluding hydrogens is 338 g/mol. The molecule has 2 aromatic rings. The van der Waals surface area contributed by atoms with Gasteiger partial charge in [-0.2, -0.15) is 0 Å². The van der Waals surface area contributed by atoms with Crippen LogP contribution in [0.3, 0.4) is 0 Å². The lowest BCUT2D eigenvalue weighted by atomic mass is 9.96. The van der Waals surface area contributed by atoms with Crippen LogP contribution in [0.1, 0.15) is 49.2 Å². The van der Waals surface area contributed by atoms with E-state index in [1.54, 1.807) is 19.2 Å². The van der Waals surface area contributed by atoms with Crippen LogP contribution in [0.25, 0.3) is 0 Å². The summed E-state index contributed by atoms with van der Waals surface area (Å²) in [6.45, 7) is 10.5. The first-order valence-corrected chi connectivity index (χ1v) is 9.21. The van der Waals surface area contributed by atoms with Crippen molar-refractivity contribution in [1.82, 2.24) is 5.32 Å². The molecule has 0 aliphatic heterocycles. The molecule has 0 aliphatic carbocycles. The van der Waals surface area contributed by atoms with Crippen LogP contribution in [0, 0.1) is 5.92 Å². The van der Waals surface area contributed by atoms with E-state index < -0.39 is 0 Å². The number of nitrogens with one attached hydrogen (secondary N) is 1. The summed E-state index contributed by atoms with van der Waals surface area (Å²) < 4.78 is 10.9. The fourth-order valence-electron chi connectivity index (χ4n) is 2.76. The van der Waals surface area contributed by atoms with Gasteiger partial charge in [0.25, 0.3) is 5.91 Å². The van der Waals surface area contributed by atoms with Gasteiger partial charge >= 0.3 is 0 Å². The van der Waals surface area contributed by atoms with E-state index in [1.807, 2.05) is 43.3 Å². The summed E-state index contributed by atoms with van der Waals surface area (Å²) in [6, 6.07) is 15.0. The molecule has 144 valence electrons. The fraction of sp³-hybridized carbons (Fsp3) is 0.348. The van der Waals surface area contributed by atoms with Gasteiger partial charge in [-0.3, -0.25) is 4.79 Å². The third-order valence-corrected chi connectivity index (χ3v) is 4.11. The van der Waals surface area contributed by atoms with E-state index in [2.05, 4.69) is 25.7 Å². The van der Waals surface area contributed by atoms with E-state index in [9.17, 15) is 4.79 Å². The molecule has 1 amide bonds. The normalized spacial score (nSPS) is 11.7. The lowest BCUT2D eigenvalue weighted by molar-refractivity contribution is 0.0931. The Hall–Kier alpha value is -2.75. The van der Waals surface area contributed by atoms with Crippen LogP contribution >= 0.6 is 0 Å². The maximum Gasteiger partial charge on any atom is 0.251 e. The van der Waals surface area contributed by atoms with Crippen LogP contribution in [-0.4, -0.2) is 19.6 Å². The van der Waals surface area contributed by atoms with Crippen molar-refractivity contribution in [1.29, 1.82) is 0 Å². The lowest BCUT2D eigenvalue weighted by Gasteiger charge is -2.21. The van der Waals surface area contributed by atoms with E-state index in [1.165, 1.54) is 0 Å². The van der Waals surface area contributed by atoms with Gasteiger partial charge in [-0.25, -0.2) is 0 Å². The summed E-state index contributed by atoms with van der Waals surface area (Å²) in [7, 11) is 1.64. The molecule has 27 heavy (non-hydrogen) atoms. The molecule has 0 unspecified atom stereocenters. The minimum absolute atomic E-state index is 0.0663. The Morgan fingerprint density at radius 3 is 2.41 bits per heavy atom. The molecule has 0 heterocycles. The first-order valence-electron chi connectivity index (χ1n) is 9.21. The molecular formula is C23H29NO3. The molecule has 1 N–H and O–H groups in total. The van der Waals surface area contributed by atoms with Crippen LogP contribution in [0.4, 0.5) is 0 Å². The third-order valence-electron chi connectivity index (χ3n) is 4.11. The molecule has 0 radical (unpaired) electrons. The third kappa shape index (κ3) is 6.48. The highest BCUT2D eigenvalue weighted by Crippen LogP contribution is 2.24. The van der Waals surface area contributed by atoms with E-state index >= 15 is 0 Å². The standard InChI is InChI=1S/C23H29NO3/c1-16(2)13-22(18-9-11-20(26-5)12-10-18)24-23(25)19-7-6-8-21(14-19)27-15-17(3)4/h6-12,14,16,22H,3,13,15H2,1-2,4-5H3,(H,24,25)/t22-/m0/s1. The van der Waals surface area contributed by atoms with Gasteiger partial charge in [-0.1, -0.05) is 38.6 Å². The fourth-order valence-corrected chi connectivity index (χ4v) is 2.76. The van der Waals surface area contributed by atoms with Crippen molar-refractivity contribution in [2.75, 3.05) is 13.7 Å². The number of benzene rings is 2. The van der Waals surface area contributed by atoms with Crippen molar-refractivity contribution < 1.29 is 14.3 Å². The zero-order chi connectivity index (χ0) is 19.8. The van der Waals surface area contributed by atoms with Gasteiger partial charge < -0.3 is 14.8 Å². The second-order valence-corrected chi connectivity index (χ2v) is 7.20. The van der Waals surface area contributed by atoms with Gasteiger partial charge in [0.2, 0.25) is 0 Å². The molecule has 0 aliphatic rings. The average molecular weight is 367 g/mol. The zero-order valence-corrected chi connectivity index (χ0v) is 16.6. The molecule has 0 spiro atoms. The van der Waals surface area contributed by atoms with E-state index in [0.717, 1.165) is 23.3 Å². The topological polar surface area (TPSA) is 47.6 Å². The summed E-state index contributed by atoms with van der Waals surface area (Å²) in [5.74, 6) is 1.80. The van der Waals surface area contributed by atoms with Gasteiger partial charge in [0.15, 0.2) is 0 Å². The molecule has 2 aromatic carbocycles. The van der Waals surface area contributed by atoms with Crippen molar-refractivity contribution >= 4 is 5.91 Å². The number of hydrogen-bond donors (Lipinski definition) is 1. The lowest BCUT2D eigenvalue weighted by Crippen LogP contribution is -2.29. The monoisotopic (exact) mass is 367 g/mol. The predicted octanol–water partition coefficient (Wildman–Crippen LogP) is 5.17. The van der Waals surface area contributed by atoms with Crippen molar-refractivity contribution in [2.24, 2.45) is 5.92 Å². The van der Waals surface area contributed by atoms with Crippen molar-refractivity contribution in [2.45, 2.75) is 33.2 Å². The summed E-state index contributed by atoms with van der Waals surface area (Å²) >= 11 is 0. The van der Waals surface area contributed by atoms with Crippen LogP contribution in [0.2, 0.25) is 0 Å². The van der Waals surface area contributed by atoms with Crippen molar-refractivity contribution in [3.05, 3.63) is 71.8 Å². The van der Waals surface area contributed by atoms with Crippen LogP contribution in [-0.2, 0) is 0 Å². The minimum atomic E-state index is -0.114. The van der Waals surface area contributed by atoms with E-state index in [0.29, 0.717) is 23.8 Å². The number of amides is 1. The van der Waals surface area contributed by atoms with Crippen molar-refractivity contribution in [3.8, 4) is 11.5 Å². The molecule has 0 saturated heterocycles. The maximum atomic E-state index is 12.8. The zero-order valence-electron chi connectivity index (χ0n) is 16.6. The van der Waals surface area contributed by atoms with Gasteiger partial charge in [-0.05, 0) is 60.7 Å². The quantitative estimate of drug-likeness (QED) is 0.622. The molecule has 2 rings (SSSR count). The highest BCUT2D eigenvalue weighted by Gasteiger charge is 2.18. The van der Waals surface area contributed by atoms with E-state index in [-0.39, 0.29) is 11.9 Å². The first kappa shape index (κ1) is 20.6. The van der Waals surface area contributed by atoms with Gasteiger partial charge in [0.05, 0.1) is 13.2 Å².